The van der Waals surface area contributed by atoms with Crippen LogP contribution in [-0.4, -0.2) is 22.9 Å². The predicted molar refractivity (Wildman–Crippen MR) is 123 cm³/mol. The number of anilines is 3. The standard InChI is InChI=1S/C24H21BN4O/c1-17-28(18-9-4-3-5-10-18)21-12-6-7-13-22(21)29(17)27-16-23-20(15-25(27)2)19-11-8-14-26-24(19)30-23/h3-17H,1-2H3/t17-/m0/s1. The number of nitrogens with zero attached hydrogens (tertiary/aromatic N) is 4. The van der Waals surface area contributed by atoms with Gasteiger partial charge in [-0.15, -0.1) is 0 Å². The smallest absolute Gasteiger partial charge is 0.304 e. The molecule has 0 saturated carbocycles. The minimum Gasteiger partial charge on any atom is -0.436 e. The van der Waals surface area contributed by atoms with E-state index < -0.39 is 0 Å². The first-order chi connectivity index (χ1) is 14.7. The first kappa shape index (κ1) is 17.2. The van der Waals surface area contributed by atoms with Gasteiger partial charge in [-0.1, -0.05) is 43.1 Å². The molecule has 146 valence electrons. The van der Waals surface area contributed by atoms with Crippen molar-refractivity contribution in [1.29, 1.82) is 0 Å². The largest absolute Gasteiger partial charge is 0.436 e. The van der Waals surface area contributed by atoms with E-state index in [4.69, 9.17) is 4.42 Å². The molecule has 0 radical (unpaired) electrons. The number of furan rings is 1. The zero-order chi connectivity index (χ0) is 20.2. The number of aromatic nitrogens is 1. The summed E-state index contributed by atoms with van der Waals surface area (Å²) in [4.78, 5) is 9.04. The van der Waals surface area contributed by atoms with E-state index in [1.807, 2.05) is 6.07 Å². The summed E-state index contributed by atoms with van der Waals surface area (Å²) in [7, 11) is 0. The summed E-state index contributed by atoms with van der Waals surface area (Å²) in [5.74, 6) is 2.27. The number of rotatable bonds is 2. The molecule has 30 heavy (non-hydrogen) atoms. The van der Waals surface area contributed by atoms with Gasteiger partial charge in [0, 0.05) is 22.5 Å². The zero-order valence-electron chi connectivity index (χ0n) is 16.9. The van der Waals surface area contributed by atoms with Crippen molar-refractivity contribution in [2.24, 2.45) is 0 Å². The summed E-state index contributed by atoms with van der Waals surface area (Å²) < 4.78 is 6.08. The fourth-order valence-electron chi connectivity index (χ4n) is 4.68. The average Bonchev–Trinajstić information content (AvgIpc) is 3.28. The molecule has 0 bridgehead atoms. The third-order valence-corrected chi connectivity index (χ3v) is 6.01. The van der Waals surface area contributed by atoms with Gasteiger partial charge in [0.05, 0.1) is 17.6 Å². The van der Waals surface area contributed by atoms with E-state index in [0.717, 1.165) is 16.0 Å². The number of hydrazine groups is 1. The van der Waals surface area contributed by atoms with Crippen LogP contribution in [0.15, 0.2) is 77.3 Å². The summed E-state index contributed by atoms with van der Waals surface area (Å²) in [6.45, 7) is 4.63. The lowest BCUT2D eigenvalue weighted by Crippen LogP contribution is -2.55. The Morgan fingerprint density at radius 3 is 2.53 bits per heavy atom. The fourth-order valence-corrected chi connectivity index (χ4v) is 4.68. The van der Waals surface area contributed by atoms with Crippen LogP contribution < -0.4 is 20.5 Å². The fraction of sp³-hybridized carbons (Fsp3) is 0.125. The van der Waals surface area contributed by atoms with Crippen LogP contribution in [0.4, 0.5) is 17.1 Å². The molecule has 0 amide bonds. The number of para-hydroxylation sites is 3. The van der Waals surface area contributed by atoms with Crippen molar-refractivity contribution in [2.45, 2.75) is 19.9 Å². The molecule has 0 aliphatic carbocycles. The highest BCUT2D eigenvalue weighted by atomic mass is 16.3. The summed E-state index contributed by atoms with van der Waals surface area (Å²) in [5, 5.41) is 4.55. The maximum Gasteiger partial charge on any atom is 0.304 e. The van der Waals surface area contributed by atoms with Crippen LogP contribution in [0.3, 0.4) is 0 Å². The van der Waals surface area contributed by atoms with E-state index in [-0.39, 0.29) is 13.0 Å². The van der Waals surface area contributed by atoms with E-state index in [1.165, 1.54) is 17.1 Å². The number of hydrogen-bond acceptors (Lipinski definition) is 5. The molecular formula is C24H21BN4O. The normalized spacial score (nSPS) is 17.6. The molecule has 0 N–H and O–H groups in total. The molecule has 2 aliphatic rings. The van der Waals surface area contributed by atoms with Crippen LogP contribution >= 0.6 is 0 Å². The van der Waals surface area contributed by atoms with Crippen molar-refractivity contribution in [3.05, 3.63) is 83.6 Å². The third kappa shape index (κ3) is 2.40. The van der Waals surface area contributed by atoms with Crippen LogP contribution in [-0.2, 0) is 0 Å². The Kier molecular flexibility index (Phi) is 3.69. The molecule has 2 aromatic heterocycles. The van der Waals surface area contributed by atoms with E-state index in [9.17, 15) is 0 Å². The minimum atomic E-state index is 0.112. The van der Waals surface area contributed by atoms with Crippen molar-refractivity contribution < 1.29 is 4.42 Å². The van der Waals surface area contributed by atoms with Gasteiger partial charge in [-0.2, -0.15) is 0 Å². The second kappa shape index (κ2) is 6.42. The van der Waals surface area contributed by atoms with Gasteiger partial charge in [-0.25, -0.2) is 4.98 Å². The molecule has 2 aliphatic heterocycles. The lowest BCUT2D eigenvalue weighted by atomic mass is 9.63. The Hall–Kier alpha value is -3.67. The molecule has 0 unspecified atom stereocenters. The molecule has 4 heterocycles. The van der Waals surface area contributed by atoms with Gasteiger partial charge < -0.3 is 14.2 Å². The zero-order valence-corrected chi connectivity index (χ0v) is 16.9. The van der Waals surface area contributed by atoms with Gasteiger partial charge in [0.25, 0.3) is 0 Å². The molecule has 1 atom stereocenters. The highest BCUT2D eigenvalue weighted by molar-refractivity contribution is 6.70. The molecule has 6 heteroatoms. The number of fused-ring (bicyclic) bond motifs is 4. The van der Waals surface area contributed by atoms with Gasteiger partial charge in [0.15, 0.2) is 5.42 Å². The van der Waals surface area contributed by atoms with Crippen LogP contribution in [0.2, 0.25) is 6.82 Å². The lowest BCUT2D eigenvalue weighted by molar-refractivity contribution is 0.482. The quantitative estimate of drug-likeness (QED) is 0.486. The van der Waals surface area contributed by atoms with Crippen molar-refractivity contribution >= 4 is 47.2 Å². The topological polar surface area (TPSA) is 35.8 Å². The lowest BCUT2D eigenvalue weighted by Gasteiger charge is -2.40. The molecule has 5 nitrogen and oxygen atoms in total. The maximum absolute atomic E-state index is 6.08. The predicted octanol–water partition coefficient (Wildman–Crippen LogP) is 3.74. The number of benzene rings is 2. The third-order valence-electron chi connectivity index (χ3n) is 6.01. The van der Waals surface area contributed by atoms with Gasteiger partial charge >= 0.3 is 6.85 Å². The first-order valence-corrected chi connectivity index (χ1v) is 10.3. The summed E-state index contributed by atoms with van der Waals surface area (Å²) in [5.41, 5.74) is 5.11. The Bertz CT molecular complexity index is 1370. The number of hydrogen-bond donors (Lipinski definition) is 0. The van der Waals surface area contributed by atoms with Crippen molar-refractivity contribution in [1.82, 2.24) is 9.90 Å². The van der Waals surface area contributed by atoms with E-state index in [2.05, 4.69) is 106 Å². The molecule has 6 rings (SSSR count). The molecule has 0 spiro atoms. The van der Waals surface area contributed by atoms with E-state index in [1.54, 1.807) is 6.20 Å². The Morgan fingerprint density at radius 2 is 1.70 bits per heavy atom. The van der Waals surface area contributed by atoms with Crippen LogP contribution in [0, 0.1) is 0 Å². The van der Waals surface area contributed by atoms with Crippen molar-refractivity contribution in [2.75, 3.05) is 9.91 Å². The second-order valence-electron chi connectivity index (χ2n) is 7.82. The maximum atomic E-state index is 6.08. The second-order valence-corrected chi connectivity index (χ2v) is 7.82. The van der Waals surface area contributed by atoms with Gasteiger partial charge in [-0.05, 0) is 43.3 Å². The van der Waals surface area contributed by atoms with Gasteiger partial charge in [-0.3, -0.25) is 5.01 Å². The SMILES string of the molecule is CB1C=c2c(oc3ncccc23)=CN1N1c2ccccc2N(c2ccccc2)[C@@H]1C. The van der Waals surface area contributed by atoms with Crippen LogP contribution in [0.25, 0.3) is 23.3 Å². The monoisotopic (exact) mass is 392 g/mol. The van der Waals surface area contributed by atoms with Gasteiger partial charge in [0.1, 0.15) is 6.17 Å². The van der Waals surface area contributed by atoms with Crippen molar-refractivity contribution in [3.63, 3.8) is 0 Å². The molecule has 0 fully saturated rings. The summed E-state index contributed by atoms with van der Waals surface area (Å²) in [6.07, 6.45) is 4.00. The molecule has 0 saturated heterocycles. The minimum absolute atomic E-state index is 0.112. The van der Waals surface area contributed by atoms with E-state index in [0.29, 0.717) is 5.71 Å². The summed E-state index contributed by atoms with van der Waals surface area (Å²) in [6, 6.07) is 23.2. The highest BCUT2D eigenvalue weighted by Crippen LogP contribution is 2.44. The van der Waals surface area contributed by atoms with Crippen molar-refractivity contribution in [3.8, 4) is 0 Å². The molecule has 2 aromatic carbocycles. The Balaban J connectivity index is 1.51. The van der Waals surface area contributed by atoms with Crippen LogP contribution in [0.5, 0.6) is 0 Å². The first-order valence-electron chi connectivity index (χ1n) is 10.3. The van der Waals surface area contributed by atoms with E-state index >= 15 is 0 Å². The summed E-state index contributed by atoms with van der Waals surface area (Å²) >= 11 is 0. The van der Waals surface area contributed by atoms with Gasteiger partial charge in [0.2, 0.25) is 5.71 Å². The van der Waals surface area contributed by atoms with Crippen LogP contribution in [0.1, 0.15) is 6.92 Å². The number of pyridine rings is 1. The molecular weight excluding hydrogens is 371 g/mol. The molecule has 4 aromatic rings. The highest BCUT2D eigenvalue weighted by Gasteiger charge is 2.38. The Labute approximate surface area is 175 Å². The average molecular weight is 392 g/mol. The Morgan fingerprint density at radius 1 is 0.933 bits per heavy atom.